The maximum Gasteiger partial charge on any atom is 0.338 e. The number of amides is 3. The first-order valence-corrected chi connectivity index (χ1v) is 5.01. The number of nitrogens with two attached hydrogens (primary N) is 1. The normalized spacial score (nSPS) is 9.65. The standard InChI is InChI=1S/C10H8FN3O6/c11-6-3-5(1-2-7(6)14(18)19)9(16)20-4-8(15)13-10(12)17/h1-3H,4H2,(H3,12,13,15,17). The number of benzene rings is 1. The van der Waals surface area contributed by atoms with Crippen molar-refractivity contribution in [2.24, 2.45) is 5.73 Å². The van der Waals surface area contributed by atoms with Gasteiger partial charge in [-0.25, -0.2) is 9.59 Å². The summed E-state index contributed by atoms with van der Waals surface area (Å²) >= 11 is 0. The van der Waals surface area contributed by atoms with Crippen LogP contribution in [0.15, 0.2) is 18.2 Å². The number of imide groups is 1. The molecule has 0 bridgehead atoms. The minimum Gasteiger partial charge on any atom is -0.452 e. The first-order valence-electron chi connectivity index (χ1n) is 5.01. The van der Waals surface area contributed by atoms with Crippen LogP contribution in [-0.4, -0.2) is 29.4 Å². The Morgan fingerprint density at radius 3 is 2.55 bits per heavy atom. The number of nitrogens with one attached hydrogen (secondary N) is 1. The average Bonchev–Trinajstić information content (AvgIpc) is 2.34. The highest BCUT2D eigenvalue weighted by atomic mass is 19.1. The van der Waals surface area contributed by atoms with Crippen molar-refractivity contribution in [1.82, 2.24) is 5.32 Å². The van der Waals surface area contributed by atoms with Gasteiger partial charge in [-0.1, -0.05) is 0 Å². The van der Waals surface area contributed by atoms with Crippen LogP contribution in [-0.2, 0) is 9.53 Å². The second-order valence-electron chi connectivity index (χ2n) is 3.41. The van der Waals surface area contributed by atoms with E-state index in [2.05, 4.69) is 10.5 Å². The summed E-state index contributed by atoms with van der Waals surface area (Å²) in [6, 6.07) is 1.24. The summed E-state index contributed by atoms with van der Waals surface area (Å²) in [6.45, 7) is -0.805. The van der Waals surface area contributed by atoms with Gasteiger partial charge in [0.15, 0.2) is 6.61 Å². The molecule has 3 amide bonds. The van der Waals surface area contributed by atoms with E-state index < -0.39 is 40.9 Å². The topological polar surface area (TPSA) is 142 Å². The van der Waals surface area contributed by atoms with Crippen LogP contribution < -0.4 is 11.1 Å². The van der Waals surface area contributed by atoms with Crippen molar-refractivity contribution in [2.45, 2.75) is 0 Å². The molecule has 0 spiro atoms. The van der Waals surface area contributed by atoms with E-state index >= 15 is 0 Å². The number of hydrogen-bond donors (Lipinski definition) is 2. The Balaban J connectivity index is 2.69. The first-order chi connectivity index (χ1) is 9.31. The summed E-state index contributed by atoms with van der Waals surface area (Å²) in [7, 11) is 0. The maximum atomic E-state index is 13.2. The van der Waals surface area contributed by atoms with Crippen LogP contribution >= 0.6 is 0 Å². The highest BCUT2D eigenvalue weighted by Gasteiger charge is 2.18. The lowest BCUT2D eigenvalue weighted by molar-refractivity contribution is -0.387. The lowest BCUT2D eigenvalue weighted by Crippen LogP contribution is -2.37. The van der Waals surface area contributed by atoms with E-state index in [1.165, 1.54) is 0 Å². The van der Waals surface area contributed by atoms with Gasteiger partial charge in [-0.15, -0.1) is 0 Å². The Hall–Kier alpha value is -3.04. The monoisotopic (exact) mass is 285 g/mol. The number of rotatable bonds is 4. The highest BCUT2D eigenvalue weighted by molar-refractivity contribution is 5.96. The van der Waals surface area contributed by atoms with Gasteiger partial charge in [0.1, 0.15) is 0 Å². The zero-order valence-corrected chi connectivity index (χ0v) is 9.79. The molecule has 9 nitrogen and oxygen atoms in total. The average molecular weight is 285 g/mol. The van der Waals surface area contributed by atoms with E-state index in [1.54, 1.807) is 5.32 Å². The van der Waals surface area contributed by atoms with Crippen LogP contribution in [0.4, 0.5) is 14.9 Å². The minimum atomic E-state index is -1.22. The lowest BCUT2D eigenvalue weighted by atomic mass is 10.2. The third kappa shape index (κ3) is 4.01. The van der Waals surface area contributed by atoms with Crippen molar-refractivity contribution in [3.05, 3.63) is 39.7 Å². The van der Waals surface area contributed by atoms with Crippen LogP contribution in [0, 0.1) is 15.9 Å². The molecule has 0 aliphatic carbocycles. The number of halogens is 1. The molecule has 1 aromatic rings. The Bertz CT molecular complexity index is 588. The van der Waals surface area contributed by atoms with Crippen molar-refractivity contribution >= 4 is 23.6 Å². The molecule has 10 heteroatoms. The Labute approximate surface area is 110 Å². The van der Waals surface area contributed by atoms with Crippen LogP contribution in [0.2, 0.25) is 0 Å². The van der Waals surface area contributed by atoms with Crippen molar-refractivity contribution in [2.75, 3.05) is 6.61 Å². The summed E-state index contributed by atoms with van der Waals surface area (Å²) < 4.78 is 17.7. The third-order valence-corrected chi connectivity index (χ3v) is 1.98. The van der Waals surface area contributed by atoms with E-state index in [4.69, 9.17) is 0 Å². The summed E-state index contributed by atoms with van der Waals surface area (Å²) in [5, 5.41) is 12.0. The molecule has 20 heavy (non-hydrogen) atoms. The number of urea groups is 1. The fourth-order valence-electron chi connectivity index (χ4n) is 1.17. The number of carbonyl (C=O) groups excluding carboxylic acids is 3. The zero-order valence-electron chi connectivity index (χ0n) is 9.79. The van der Waals surface area contributed by atoms with Crippen LogP contribution in [0.5, 0.6) is 0 Å². The number of primary amides is 1. The van der Waals surface area contributed by atoms with Gasteiger partial charge in [-0.05, 0) is 12.1 Å². The molecule has 1 aromatic carbocycles. The van der Waals surface area contributed by atoms with E-state index in [1.807, 2.05) is 0 Å². The van der Waals surface area contributed by atoms with Crippen molar-refractivity contribution < 1.29 is 28.4 Å². The summed E-state index contributed by atoms with van der Waals surface area (Å²) in [6.07, 6.45) is 0. The molecule has 3 N–H and O–H groups in total. The summed E-state index contributed by atoms with van der Waals surface area (Å²) in [4.78, 5) is 42.1. The van der Waals surface area contributed by atoms with Gasteiger partial charge in [0.05, 0.1) is 10.5 Å². The van der Waals surface area contributed by atoms with E-state index in [0.717, 1.165) is 12.1 Å². The molecule has 106 valence electrons. The molecule has 0 saturated heterocycles. The molecule has 0 fully saturated rings. The van der Waals surface area contributed by atoms with Crippen molar-refractivity contribution in [3.8, 4) is 0 Å². The molecule has 0 saturated carbocycles. The van der Waals surface area contributed by atoms with Gasteiger partial charge >= 0.3 is 17.7 Å². The third-order valence-electron chi connectivity index (χ3n) is 1.98. The van der Waals surface area contributed by atoms with Crippen LogP contribution in [0.3, 0.4) is 0 Å². The maximum absolute atomic E-state index is 13.2. The molecular weight excluding hydrogens is 277 g/mol. The fraction of sp³-hybridized carbons (Fsp3) is 0.100. The molecule has 0 unspecified atom stereocenters. The highest BCUT2D eigenvalue weighted by Crippen LogP contribution is 2.18. The summed E-state index contributed by atoms with van der Waals surface area (Å²) in [5.41, 5.74) is 3.53. The van der Waals surface area contributed by atoms with Crippen LogP contribution in [0.1, 0.15) is 10.4 Å². The van der Waals surface area contributed by atoms with Gasteiger partial charge < -0.3 is 10.5 Å². The molecule has 0 radical (unpaired) electrons. The molecule has 0 aliphatic rings. The lowest BCUT2D eigenvalue weighted by Gasteiger charge is -2.04. The van der Waals surface area contributed by atoms with Gasteiger partial charge in [0, 0.05) is 6.07 Å². The van der Waals surface area contributed by atoms with Gasteiger partial charge in [0.2, 0.25) is 5.82 Å². The predicted octanol–water partition coefficient (Wildman–Crippen LogP) is 0.0856. The Morgan fingerprint density at radius 1 is 1.40 bits per heavy atom. The van der Waals surface area contributed by atoms with E-state index in [-0.39, 0.29) is 5.56 Å². The fourth-order valence-corrected chi connectivity index (χ4v) is 1.17. The van der Waals surface area contributed by atoms with Crippen LogP contribution in [0.25, 0.3) is 0 Å². The molecular formula is C10H8FN3O6. The quantitative estimate of drug-likeness (QED) is 0.456. The smallest absolute Gasteiger partial charge is 0.338 e. The second kappa shape index (κ2) is 6.22. The summed E-state index contributed by atoms with van der Waals surface area (Å²) in [5.74, 6) is -3.27. The molecule has 0 aliphatic heterocycles. The number of nitro benzene ring substituents is 1. The van der Waals surface area contributed by atoms with Crippen molar-refractivity contribution in [1.29, 1.82) is 0 Å². The number of carbonyl (C=O) groups is 3. The van der Waals surface area contributed by atoms with Gasteiger partial charge in [0.25, 0.3) is 5.91 Å². The number of esters is 1. The van der Waals surface area contributed by atoms with E-state index in [0.29, 0.717) is 6.07 Å². The van der Waals surface area contributed by atoms with E-state index in [9.17, 15) is 28.9 Å². The molecule has 0 heterocycles. The SMILES string of the molecule is NC(=O)NC(=O)COC(=O)c1ccc([N+](=O)[O-])c(F)c1. The van der Waals surface area contributed by atoms with Crippen molar-refractivity contribution in [3.63, 3.8) is 0 Å². The Kier molecular flexibility index (Phi) is 4.67. The zero-order chi connectivity index (χ0) is 15.3. The molecule has 1 rings (SSSR count). The number of nitrogens with zero attached hydrogens (tertiary/aromatic N) is 1. The molecule has 0 aromatic heterocycles. The Morgan fingerprint density at radius 2 is 2.05 bits per heavy atom. The number of ether oxygens (including phenoxy) is 1. The van der Waals surface area contributed by atoms with Gasteiger partial charge in [-0.3, -0.25) is 20.2 Å². The predicted molar refractivity (Wildman–Crippen MR) is 61.1 cm³/mol. The largest absolute Gasteiger partial charge is 0.452 e. The second-order valence-corrected chi connectivity index (χ2v) is 3.41. The van der Waals surface area contributed by atoms with Gasteiger partial charge in [-0.2, -0.15) is 4.39 Å². The molecule has 0 atom stereocenters. The minimum absolute atomic E-state index is 0.319. The first kappa shape index (κ1) is 15.0. The number of hydrogen-bond acceptors (Lipinski definition) is 6. The number of nitro groups is 1.